The van der Waals surface area contributed by atoms with E-state index < -0.39 is 42.1 Å². The number of benzene rings is 1. The second-order valence-corrected chi connectivity index (χ2v) is 11.2. The Balaban J connectivity index is 0.000000942. The van der Waals surface area contributed by atoms with E-state index in [2.05, 4.69) is 10.6 Å². The Bertz CT molecular complexity index is 1200. The van der Waals surface area contributed by atoms with Crippen LogP contribution in [-0.4, -0.2) is 88.0 Å². The number of carboxylic acid groups (broad SMARTS) is 1. The standard InChI is InChI=1S/C28H41N5O6.C2HF3O2/c29-16-5-4-12-21(30-26(36)20-10-6-11-20)27(37)31-22(18-19-8-2-1-3-9-19)24(34)14-15-25(35)33-17-7-13-23(33)28(38)32-39;3-2(4,5)1(6)7/h1-3,8-9,20-23,39H,4-7,10-18,29H2,(H,30,36)(H,31,37)(H,32,38);(H,6,7). The molecule has 0 aromatic heterocycles. The maximum absolute atomic E-state index is 13.4. The largest absolute Gasteiger partial charge is 0.490 e. The summed E-state index contributed by atoms with van der Waals surface area (Å²) in [4.78, 5) is 74.3. The highest BCUT2D eigenvalue weighted by Gasteiger charge is 2.38. The summed E-state index contributed by atoms with van der Waals surface area (Å²) < 4.78 is 31.7. The lowest BCUT2D eigenvalue weighted by Crippen LogP contribution is -2.53. The minimum Gasteiger partial charge on any atom is -0.475 e. The second-order valence-electron chi connectivity index (χ2n) is 11.2. The number of carboxylic acids is 1. The molecule has 1 aromatic rings. The number of Topliss-reactive ketones (excluding diaryl/α,β-unsaturated/α-hetero) is 1. The zero-order valence-electron chi connectivity index (χ0n) is 25.4. The molecule has 1 saturated heterocycles. The first-order valence-electron chi connectivity index (χ1n) is 15.2. The van der Waals surface area contributed by atoms with Crippen LogP contribution in [0.4, 0.5) is 13.2 Å². The Morgan fingerprint density at radius 3 is 2.11 bits per heavy atom. The molecule has 1 aliphatic carbocycles. The number of carbonyl (C=O) groups excluding carboxylic acids is 5. The molecule has 0 spiro atoms. The molecule has 7 N–H and O–H groups in total. The summed E-state index contributed by atoms with van der Waals surface area (Å²) >= 11 is 0. The number of ketones is 1. The average molecular weight is 658 g/mol. The maximum atomic E-state index is 13.4. The lowest BCUT2D eigenvalue weighted by Gasteiger charge is -2.28. The SMILES string of the molecule is NCCCCC(NC(=O)C1CCC1)C(=O)NC(Cc1ccccc1)C(=O)CCC(=O)N1CCCC1C(=O)NO.O=C(O)C(F)(F)F. The van der Waals surface area contributed by atoms with Gasteiger partial charge in [-0.2, -0.15) is 13.2 Å². The molecule has 3 rings (SSSR count). The van der Waals surface area contributed by atoms with Crippen LogP contribution in [0.3, 0.4) is 0 Å². The fourth-order valence-electron chi connectivity index (χ4n) is 5.05. The molecular formula is C30H42F3N5O8. The summed E-state index contributed by atoms with van der Waals surface area (Å²) in [6.07, 6.45) is 0.388. The highest BCUT2D eigenvalue weighted by molar-refractivity contribution is 5.95. The van der Waals surface area contributed by atoms with Gasteiger partial charge in [-0.25, -0.2) is 10.3 Å². The van der Waals surface area contributed by atoms with E-state index in [9.17, 15) is 37.1 Å². The molecule has 0 radical (unpaired) electrons. The number of hydrogen-bond donors (Lipinski definition) is 6. The Kier molecular flexibility index (Phi) is 15.6. The molecular weight excluding hydrogens is 615 g/mol. The number of aliphatic carboxylic acids is 1. The lowest BCUT2D eigenvalue weighted by molar-refractivity contribution is -0.192. The van der Waals surface area contributed by atoms with Gasteiger partial charge in [-0.15, -0.1) is 0 Å². The van der Waals surface area contributed by atoms with Crippen molar-refractivity contribution in [3.63, 3.8) is 0 Å². The van der Waals surface area contributed by atoms with E-state index in [-0.39, 0.29) is 42.8 Å². The maximum Gasteiger partial charge on any atom is 0.490 e. The van der Waals surface area contributed by atoms with E-state index in [1.807, 2.05) is 30.3 Å². The van der Waals surface area contributed by atoms with Crippen molar-refractivity contribution in [2.75, 3.05) is 13.1 Å². The summed E-state index contributed by atoms with van der Waals surface area (Å²) in [5.41, 5.74) is 8.06. The van der Waals surface area contributed by atoms with Crippen LogP contribution in [0.2, 0.25) is 0 Å². The first kappa shape index (κ1) is 38.1. The molecule has 3 atom stereocenters. The van der Waals surface area contributed by atoms with Gasteiger partial charge in [0, 0.05) is 25.3 Å². The fraction of sp³-hybridized carbons (Fsp3) is 0.600. The molecule has 1 aromatic carbocycles. The predicted octanol–water partition coefficient (Wildman–Crippen LogP) is 1.61. The molecule has 4 amide bonds. The van der Waals surface area contributed by atoms with Gasteiger partial charge in [0.05, 0.1) is 6.04 Å². The molecule has 1 heterocycles. The molecule has 1 aliphatic heterocycles. The van der Waals surface area contributed by atoms with E-state index in [1.165, 1.54) is 4.90 Å². The summed E-state index contributed by atoms with van der Waals surface area (Å²) in [5, 5.41) is 21.8. The number of carbonyl (C=O) groups is 6. The van der Waals surface area contributed by atoms with Crippen LogP contribution in [-0.2, 0) is 35.2 Å². The van der Waals surface area contributed by atoms with Gasteiger partial charge >= 0.3 is 12.1 Å². The van der Waals surface area contributed by atoms with Crippen molar-refractivity contribution in [3.05, 3.63) is 35.9 Å². The van der Waals surface area contributed by atoms with Gasteiger partial charge in [-0.05, 0) is 63.5 Å². The van der Waals surface area contributed by atoms with E-state index in [0.29, 0.717) is 45.2 Å². The number of hydrogen-bond acceptors (Lipinski definition) is 8. The number of likely N-dealkylation sites (tertiary alicyclic amines) is 1. The number of hydroxylamine groups is 1. The molecule has 3 unspecified atom stereocenters. The van der Waals surface area contributed by atoms with E-state index in [4.69, 9.17) is 20.8 Å². The third kappa shape index (κ3) is 12.4. The van der Waals surface area contributed by atoms with Crippen LogP contribution in [0, 0.1) is 5.92 Å². The van der Waals surface area contributed by atoms with Crippen LogP contribution in [0.5, 0.6) is 0 Å². The third-order valence-electron chi connectivity index (χ3n) is 7.86. The molecule has 46 heavy (non-hydrogen) atoms. The smallest absolute Gasteiger partial charge is 0.475 e. The molecule has 256 valence electrons. The van der Waals surface area contributed by atoms with Crippen LogP contribution in [0.15, 0.2) is 30.3 Å². The van der Waals surface area contributed by atoms with Crippen LogP contribution >= 0.6 is 0 Å². The lowest BCUT2D eigenvalue weighted by atomic mass is 9.84. The van der Waals surface area contributed by atoms with Gasteiger partial charge in [-0.1, -0.05) is 36.8 Å². The Morgan fingerprint density at radius 2 is 1.57 bits per heavy atom. The van der Waals surface area contributed by atoms with E-state index in [1.54, 1.807) is 5.48 Å². The van der Waals surface area contributed by atoms with Crippen LogP contribution < -0.4 is 21.8 Å². The number of unbranched alkanes of at least 4 members (excludes halogenated alkanes) is 1. The number of nitrogens with two attached hydrogens (primary N) is 1. The zero-order chi connectivity index (χ0) is 34.3. The van der Waals surface area contributed by atoms with Crippen molar-refractivity contribution >= 4 is 35.4 Å². The minimum absolute atomic E-state index is 0.0788. The van der Waals surface area contributed by atoms with Gasteiger partial charge in [0.25, 0.3) is 5.91 Å². The first-order chi connectivity index (χ1) is 21.8. The number of alkyl halides is 3. The number of rotatable bonds is 15. The van der Waals surface area contributed by atoms with Crippen molar-refractivity contribution in [3.8, 4) is 0 Å². The fourth-order valence-corrected chi connectivity index (χ4v) is 5.05. The Labute approximate surface area is 264 Å². The van der Waals surface area contributed by atoms with Gasteiger partial charge in [0.1, 0.15) is 12.1 Å². The van der Waals surface area contributed by atoms with Gasteiger partial charge in [0.2, 0.25) is 17.7 Å². The molecule has 16 heteroatoms. The monoisotopic (exact) mass is 657 g/mol. The summed E-state index contributed by atoms with van der Waals surface area (Å²) in [7, 11) is 0. The quantitative estimate of drug-likeness (QED) is 0.0919. The van der Waals surface area contributed by atoms with Crippen molar-refractivity contribution < 1.29 is 52.3 Å². The van der Waals surface area contributed by atoms with Gasteiger partial charge in [-0.3, -0.25) is 29.2 Å². The number of nitrogens with one attached hydrogen (secondary N) is 3. The first-order valence-corrected chi connectivity index (χ1v) is 15.2. The van der Waals surface area contributed by atoms with Crippen molar-refractivity contribution in [1.82, 2.24) is 21.0 Å². The number of amides is 4. The third-order valence-corrected chi connectivity index (χ3v) is 7.86. The number of nitrogens with zero attached hydrogens (tertiary/aromatic N) is 1. The topological polar surface area (TPSA) is 208 Å². The van der Waals surface area contributed by atoms with Crippen molar-refractivity contribution in [2.24, 2.45) is 11.7 Å². The summed E-state index contributed by atoms with van der Waals surface area (Å²) in [6, 6.07) is 6.84. The average Bonchev–Trinajstić information content (AvgIpc) is 3.48. The molecule has 1 saturated carbocycles. The van der Waals surface area contributed by atoms with Gasteiger partial charge in [0.15, 0.2) is 5.78 Å². The van der Waals surface area contributed by atoms with Gasteiger partial charge < -0.3 is 26.4 Å². The zero-order valence-corrected chi connectivity index (χ0v) is 25.4. The highest BCUT2D eigenvalue weighted by Crippen LogP contribution is 2.26. The van der Waals surface area contributed by atoms with Crippen molar-refractivity contribution in [2.45, 2.75) is 94.9 Å². The summed E-state index contributed by atoms with van der Waals surface area (Å²) in [6.45, 7) is 0.854. The molecule has 2 fully saturated rings. The highest BCUT2D eigenvalue weighted by atomic mass is 19.4. The minimum atomic E-state index is -5.08. The van der Waals surface area contributed by atoms with Crippen LogP contribution in [0.1, 0.15) is 69.8 Å². The van der Waals surface area contributed by atoms with E-state index >= 15 is 0 Å². The van der Waals surface area contributed by atoms with Crippen LogP contribution in [0.25, 0.3) is 0 Å². The number of halogens is 3. The van der Waals surface area contributed by atoms with Crippen molar-refractivity contribution in [1.29, 1.82) is 0 Å². The second kappa shape index (κ2) is 18.8. The Hall–Kier alpha value is -4.05. The normalized spacial score (nSPS) is 17.4. The summed E-state index contributed by atoms with van der Waals surface area (Å²) in [5.74, 6) is -4.72. The Morgan fingerprint density at radius 1 is 0.913 bits per heavy atom. The molecule has 2 aliphatic rings. The molecule has 0 bridgehead atoms. The van der Waals surface area contributed by atoms with E-state index in [0.717, 1.165) is 24.8 Å². The predicted molar refractivity (Wildman–Crippen MR) is 157 cm³/mol. The molecule has 13 nitrogen and oxygen atoms in total.